The molecule has 0 fully saturated rings. The van der Waals surface area contributed by atoms with Crippen LogP contribution in [0.2, 0.25) is 0 Å². The van der Waals surface area contributed by atoms with Crippen molar-refractivity contribution >= 4 is 11.5 Å². The van der Waals surface area contributed by atoms with E-state index in [1.54, 1.807) is 6.33 Å². The molecule has 0 amide bonds. The highest BCUT2D eigenvalue weighted by atomic mass is 15.2. The predicted molar refractivity (Wildman–Crippen MR) is 66.0 cm³/mol. The summed E-state index contributed by atoms with van der Waals surface area (Å²) in [6.45, 7) is 4.05. The fourth-order valence-electron chi connectivity index (χ4n) is 1.52. The van der Waals surface area contributed by atoms with E-state index < -0.39 is 0 Å². The molecule has 1 heterocycles. The Balaban J connectivity index is 2.31. The average Bonchev–Trinajstić information content (AvgIpc) is 2.29. The second-order valence-electron chi connectivity index (χ2n) is 3.91. The first kappa shape index (κ1) is 10.6. The fourth-order valence-corrected chi connectivity index (χ4v) is 1.52. The Morgan fingerprint density at radius 2 is 1.69 bits per heavy atom. The van der Waals surface area contributed by atoms with Crippen molar-refractivity contribution in [1.82, 2.24) is 9.97 Å². The summed E-state index contributed by atoms with van der Waals surface area (Å²) in [6, 6.07) is 10.3. The van der Waals surface area contributed by atoms with Crippen LogP contribution in [0.5, 0.6) is 0 Å². The molecule has 0 spiro atoms. The van der Waals surface area contributed by atoms with Gasteiger partial charge in [0.25, 0.3) is 0 Å². The standard InChI is InChI=1S/C13H15N3/c1-10-4-6-12(7-5-10)16(3)13-8-11(2)14-9-15-13/h4-9H,1-3H3. The minimum Gasteiger partial charge on any atom is -0.329 e. The van der Waals surface area contributed by atoms with Crippen LogP contribution in [0.3, 0.4) is 0 Å². The Bertz CT molecular complexity index is 477. The zero-order chi connectivity index (χ0) is 11.5. The topological polar surface area (TPSA) is 29.0 Å². The molecule has 0 aliphatic heterocycles. The summed E-state index contributed by atoms with van der Waals surface area (Å²) < 4.78 is 0. The highest BCUT2D eigenvalue weighted by molar-refractivity contribution is 5.59. The summed E-state index contributed by atoms with van der Waals surface area (Å²) in [5.74, 6) is 0.913. The summed E-state index contributed by atoms with van der Waals surface area (Å²) in [4.78, 5) is 10.4. The van der Waals surface area contributed by atoms with Gasteiger partial charge in [-0.3, -0.25) is 0 Å². The second-order valence-corrected chi connectivity index (χ2v) is 3.91. The van der Waals surface area contributed by atoms with Gasteiger partial charge in [0.05, 0.1) is 0 Å². The average molecular weight is 213 g/mol. The molecule has 0 bridgehead atoms. The van der Waals surface area contributed by atoms with Gasteiger partial charge >= 0.3 is 0 Å². The Morgan fingerprint density at radius 3 is 2.31 bits per heavy atom. The molecular weight excluding hydrogens is 198 g/mol. The molecule has 0 aliphatic rings. The maximum absolute atomic E-state index is 4.25. The summed E-state index contributed by atoms with van der Waals surface area (Å²) in [5.41, 5.74) is 3.36. The van der Waals surface area contributed by atoms with Gasteiger partial charge in [-0.1, -0.05) is 17.7 Å². The van der Waals surface area contributed by atoms with Gasteiger partial charge in [-0.15, -0.1) is 0 Å². The molecule has 0 aliphatic carbocycles. The third kappa shape index (κ3) is 2.19. The molecule has 3 nitrogen and oxygen atoms in total. The molecule has 0 saturated carbocycles. The molecule has 0 N–H and O–H groups in total. The van der Waals surface area contributed by atoms with Crippen LogP contribution in [0.4, 0.5) is 11.5 Å². The zero-order valence-electron chi connectivity index (χ0n) is 9.81. The lowest BCUT2D eigenvalue weighted by atomic mass is 10.2. The quantitative estimate of drug-likeness (QED) is 0.768. The lowest BCUT2D eigenvalue weighted by molar-refractivity contribution is 1.05. The van der Waals surface area contributed by atoms with E-state index >= 15 is 0 Å². The molecular formula is C13H15N3. The number of hydrogen-bond acceptors (Lipinski definition) is 3. The summed E-state index contributed by atoms with van der Waals surface area (Å²) in [7, 11) is 2.01. The normalized spacial score (nSPS) is 10.2. The van der Waals surface area contributed by atoms with E-state index in [2.05, 4.69) is 41.2 Å². The van der Waals surface area contributed by atoms with Crippen LogP contribution in [0.15, 0.2) is 36.7 Å². The van der Waals surface area contributed by atoms with Crippen molar-refractivity contribution in [2.75, 3.05) is 11.9 Å². The molecule has 2 rings (SSSR count). The lowest BCUT2D eigenvalue weighted by Crippen LogP contribution is -2.11. The summed E-state index contributed by atoms with van der Waals surface area (Å²) in [6.07, 6.45) is 1.59. The zero-order valence-corrected chi connectivity index (χ0v) is 9.81. The van der Waals surface area contributed by atoms with Gasteiger partial charge in [0, 0.05) is 24.5 Å². The van der Waals surface area contributed by atoms with E-state index in [4.69, 9.17) is 0 Å². The maximum Gasteiger partial charge on any atom is 0.136 e. The third-order valence-electron chi connectivity index (χ3n) is 2.55. The predicted octanol–water partition coefficient (Wildman–Crippen LogP) is 2.86. The van der Waals surface area contributed by atoms with E-state index in [0.29, 0.717) is 0 Å². The Kier molecular flexibility index (Phi) is 2.86. The Labute approximate surface area is 95.8 Å². The first-order valence-electron chi connectivity index (χ1n) is 5.26. The molecule has 3 heteroatoms. The van der Waals surface area contributed by atoms with Gasteiger partial charge in [-0.05, 0) is 26.0 Å². The number of nitrogens with zero attached hydrogens (tertiary/aromatic N) is 3. The van der Waals surface area contributed by atoms with Crippen LogP contribution in [0.1, 0.15) is 11.3 Å². The first-order chi connectivity index (χ1) is 7.66. The van der Waals surface area contributed by atoms with Crippen molar-refractivity contribution in [3.8, 4) is 0 Å². The third-order valence-corrected chi connectivity index (χ3v) is 2.55. The summed E-state index contributed by atoms with van der Waals surface area (Å²) in [5, 5.41) is 0. The largest absolute Gasteiger partial charge is 0.329 e. The van der Waals surface area contributed by atoms with E-state index in [1.807, 2.05) is 24.9 Å². The van der Waals surface area contributed by atoms with Crippen LogP contribution in [0.25, 0.3) is 0 Å². The molecule has 2 aromatic rings. The SMILES string of the molecule is Cc1ccc(N(C)c2cc(C)ncn2)cc1. The lowest BCUT2D eigenvalue weighted by Gasteiger charge is -2.18. The highest BCUT2D eigenvalue weighted by Gasteiger charge is 2.04. The smallest absolute Gasteiger partial charge is 0.136 e. The molecule has 0 unspecified atom stereocenters. The Hall–Kier alpha value is -1.90. The van der Waals surface area contributed by atoms with Gasteiger partial charge in [0.1, 0.15) is 12.1 Å². The van der Waals surface area contributed by atoms with Gasteiger partial charge < -0.3 is 4.90 Å². The second kappa shape index (κ2) is 4.31. The first-order valence-corrected chi connectivity index (χ1v) is 5.26. The molecule has 0 atom stereocenters. The molecule has 1 aromatic heterocycles. The summed E-state index contributed by atoms with van der Waals surface area (Å²) >= 11 is 0. The monoisotopic (exact) mass is 213 g/mol. The maximum atomic E-state index is 4.25. The van der Waals surface area contributed by atoms with Crippen molar-refractivity contribution in [2.24, 2.45) is 0 Å². The van der Waals surface area contributed by atoms with Gasteiger partial charge in [0.15, 0.2) is 0 Å². The highest BCUT2D eigenvalue weighted by Crippen LogP contribution is 2.21. The van der Waals surface area contributed by atoms with Crippen LogP contribution >= 0.6 is 0 Å². The van der Waals surface area contributed by atoms with Gasteiger partial charge in [-0.2, -0.15) is 0 Å². The van der Waals surface area contributed by atoms with Crippen molar-refractivity contribution in [1.29, 1.82) is 0 Å². The van der Waals surface area contributed by atoms with E-state index in [9.17, 15) is 0 Å². The van der Waals surface area contributed by atoms with E-state index in [0.717, 1.165) is 17.2 Å². The Morgan fingerprint density at radius 1 is 1.00 bits per heavy atom. The van der Waals surface area contributed by atoms with Crippen LogP contribution < -0.4 is 4.90 Å². The van der Waals surface area contributed by atoms with Crippen molar-refractivity contribution in [2.45, 2.75) is 13.8 Å². The molecule has 16 heavy (non-hydrogen) atoms. The van der Waals surface area contributed by atoms with Crippen LogP contribution in [0, 0.1) is 13.8 Å². The fraction of sp³-hybridized carbons (Fsp3) is 0.231. The number of benzene rings is 1. The molecule has 82 valence electrons. The van der Waals surface area contributed by atoms with E-state index in [-0.39, 0.29) is 0 Å². The van der Waals surface area contributed by atoms with Gasteiger partial charge in [-0.25, -0.2) is 9.97 Å². The minimum absolute atomic E-state index is 0.913. The number of rotatable bonds is 2. The minimum atomic E-state index is 0.913. The van der Waals surface area contributed by atoms with Crippen molar-refractivity contribution in [3.05, 3.63) is 47.9 Å². The number of hydrogen-bond donors (Lipinski definition) is 0. The molecule has 0 saturated heterocycles. The van der Waals surface area contributed by atoms with E-state index in [1.165, 1.54) is 5.56 Å². The number of aromatic nitrogens is 2. The van der Waals surface area contributed by atoms with Crippen molar-refractivity contribution in [3.63, 3.8) is 0 Å². The van der Waals surface area contributed by atoms with Gasteiger partial charge in [0.2, 0.25) is 0 Å². The van der Waals surface area contributed by atoms with Crippen LogP contribution in [-0.4, -0.2) is 17.0 Å². The van der Waals surface area contributed by atoms with Crippen LogP contribution in [-0.2, 0) is 0 Å². The number of anilines is 2. The molecule has 1 aromatic carbocycles. The molecule has 0 radical (unpaired) electrons. The number of aryl methyl sites for hydroxylation is 2. The van der Waals surface area contributed by atoms with Crippen molar-refractivity contribution < 1.29 is 0 Å².